The quantitative estimate of drug-likeness (QED) is 0.485. The number of para-hydroxylation sites is 3. The van der Waals surface area contributed by atoms with Crippen molar-refractivity contribution in [2.24, 2.45) is 0 Å². The van der Waals surface area contributed by atoms with Gasteiger partial charge in [-0.2, -0.15) is 0 Å². The minimum absolute atomic E-state index is 0.178. The zero-order valence-electron chi connectivity index (χ0n) is 16.8. The van der Waals surface area contributed by atoms with Gasteiger partial charge in [0.1, 0.15) is 0 Å². The largest absolute Gasteiger partial charge is 0.490 e. The third-order valence-electron chi connectivity index (χ3n) is 3.90. The first-order valence-corrected chi connectivity index (χ1v) is 9.37. The van der Waals surface area contributed by atoms with Gasteiger partial charge in [-0.3, -0.25) is 9.59 Å². The number of amides is 1. The lowest BCUT2D eigenvalue weighted by Gasteiger charge is -2.16. The summed E-state index contributed by atoms with van der Waals surface area (Å²) in [5.41, 5.74) is 0.748. The summed E-state index contributed by atoms with van der Waals surface area (Å²) in [5.74, 6) is -0.460. The maximum atomic E-state index is 12.3. The minimum atomic E-state index is -1.06. The Labute approximate surface area is 170 Å². The fraction of sp³-hybridized carbons (Fsp3) is 0.318. The lowest BCUT2D eigenvalue weighted by molar-refractivity contribution is -0.155. The van der Waals surface area contributed by atoms with E-state index in [9.17, 15) is 14.4 Å². The van der Waals surface area contributed by atoms with Gasteiger partial charge in [0.25, 0.3) is 5.91 Å². The Morgan fingerprint density at radius 1 is 0.966 bits per heavy atom. The monoisotopic (exact) mass is 399 g/mol. The standard InChI is InChI=1S/C22H25NO6/c1-4-13-27-19-11-7-8-12-20(19)28-14-21(25)29-16(3)22(26)23-18-10-6-5-9-17(18)15(2)24/h5-12,16H,4,13-14H2,1-3H3,(H,23,26)/t16-/m0/s1. The number of nitrogens with one attached hydrogen (secondary N) is 1. The topological polar surface area (TPSA) is 90.9 Å². The van der Waals surface area contributed by atoms with Crippen LogP contribution < -0.4 is 14.8 Å². The number of Topliss-reactive ketones (excluding diaryl/α,β-unsaturated/α-hetero) is 1. The van der Waals surface area contributed by atoms with Crippen LogP contribution in [0, 0.1) is 0 Å². The highest BCUT2D eigenvalue weighted by Gasteiger charge is 2.20. The van der Waals surface area contributed by atoms with Crippen molar-refractivity contribution in [2.75, 3.05) is 18.5 Å². The van der Waals surface area contributed by atoms with Gasteiger partial charge in [-0.15, -0.1) is 0 Å². The van der Waals surface area contributed by atoms with E-state index in [1.54, 1.807) is 42.5 Å². The first-order chi connectivity index (χ1) is 13.9. The molecule has 29 heavy (non-hydrogen) atoms. The van der Waals surface area contributed by atoms with Crippen molar-refractivity contribution in [3.05, 3.63) is 54.1 Å². The summed E-state index contributed by atoms with van der Waals surface area (Å²) >= 11 is 0. The second-order valence-corrected chi connectivity index (χ2v) is 6.31. The number of carbonyl (C=O) groups excluding carboxylic acids is 3. The van der Waals surface area contributed by atoms with E-state index in [4.69, 9.17) is 14.2 Å². The van der Waals surface area contributed by atoms with Crippen molar-refractivity contribution in [1.29, 1.82) is 0 Å². The van der Waals surface area contributed by atoms with Gasteiger partial charge in [0, 0.05) is 5.56 Å². The molecular formula is C22H25NO6. The van der Waals surface area contributed by atoms with Gasteiger partial charge in [-0.1, -0.05) is 31.2 Å². The summed E-state index contributed by atoms with van der Waals surface area (Å²) in [6.07, 6.45) is -0.215. The van der Waals surface area contributed by atoms with Crippen molar-refractivity contribution in [2.45, 2.75) is 33.3 Å². The third kappa shape index (κ3) is 6.64. The molecule has 0 aromatic heterocycles. The number of ether oxygens (including phenoxy) is 3. The molecule has 0 spiro atoms. The fourth-order valence-electron chi connectivity index (χ4n) is 2.46. The summed E-state index contributed by atoms with van der Waals surface area (Å²) in [5, 5.41) is 2.61. The second-order valence-electron chi connectivity index (χ2n) is 6.31. The summed E-state index contributed by atoms with van der Waals surface area (Å²) in [6, 6.07) is 13.6. The first kappa shape index (κ1) is 21.9. The predicted octanol–water partition coefficient (Wildman–Crippen LogP) is 3.63. The third-order valence-corrected chi connectivity index (χ3v) is 3.90. The minimum Gasteiger partial charge on any atom is -0.490 e. The van der Waals surface area contributed by atoms with Gasteiger partial charge in [0.2, 0.25) is 0 Å². The molecule has 0 bridgehead atoms. The van der Waals surface area contributed by atoms with Gasteiger partial charge >= 0.3 is 5.97 Å². The Morgan fingerprint density at radius 2 is 1.59 bits per heavy atom. The Kier molecular flexibility index (Phi) is 8.21. The average molecular weight is 399 g/mol. The Bertz CT molecular complexity index is 864. The normalized spacial score (nSPS) is 11.3. The van der Waals surface area contributed by atoms with Crippen LogP contribution in [0.2, 0.25) is 0 Å². The van der Waals surface area contributed by atoms with E-state index in [2.05, 4.69) is 5.32 Å². The number of benzene rings is 2. The number of carbonyl (C=O) groups is 3. The van der Waals surface area contributed by atoms with Crippen LogP contribution in [0.25, 0.3) is 0 Å². The number of ketones is 1. The molecule has 2 rings (SSSR count). The van der Waals surface area contributed by atoms with E-state index in [-0.39, 0.29) is 12.4 Å². The molecule has 2 aromatic carbocycles. The maximum Gasteiger partial charge on any atom is 0.344 e. The Balaban J connectivity index is 1.89. The molecule has 1 amide bonds. The molecule has 0 saturated carbocycles. The second kappa shape index (κ2) is 10.8. The zero-order valence-corrected chi connectivity index (χ0v) is 16.8. The van der Waals surface area contributed by atoms with E-state index >= 15 is 0 Å². The van der Waals surface area contributed by atoms with Gasteiger partial charge in [0.05, 0.1) is 12.3 Å². The smallest absolute Gasteiger partial charge is 0.344 e. The van der Waals surface area contributed by atoms with E-state index in [0.29, 0.717) is 29.4 Å². The molecule has 0 fully saturated rings. The number of rotatable bonds is 10. The Hall–Kier alpha value is -3.35. The number of esters is 1. The maximum absolute atomic E-state index is 12.3. The molecule has 0 radical (unpaired) electrons. The molecule has 154 valence electrons. The van der Waals surface area contributed by atoms with E-state index in [1.165, 1.54) is 13.8 Å². The van der Waals surface area contributed by atoms with Crippen LogP contribution in [0.3, 0.4) is 0 Å². The van der Waals surface area contributed by atoms with Crippen molar-refractivity contribution >= 4 is 23.3 Å². The van der Waals surface area contributed by atoms with E-state index < -0.39 is 18.0 Å². The molecule has 1 N–H and O–H groups in total. The van der Waals surface area contributed by atoms with Crippen LogP contribution in [0.1, 0.15) is 37.6 Å². The molecule has 0 unspecified atom stereocenters. The molecular weight excluding hydrogens is 374 g/mol. The number of hydrogen-bond donors (Lipinski definition) is 1. The number of anilines is 1. The fourth-order valence-corrected chi connectivity index (χ4v) is 2.46. The molecule has 7 nitrogen and oxygen atoms in total. The van der Waals surface area contributed by atoms with Crippen LogP contribution in [0.4, 0.5) is 5.69 Å². The zero-order chi connectivity index (χ0) is 21.2. The summed E-state index contributed by atoms with van der Waals surface area (Å²) < 4.78 is 16.2. The highest BCUT2D eigenvalue weighted by atomic mass is 16.6. The molecule has 0 aliphatic carbocycles. The van der Waals surface area contributed by atoms with Crippen LogP contribution in [-0.4, -0.2) is 37.0 Å². The molecule has 2 aromatic rings. The van der Waals surface area contributed by atoms with Gasteiger partial charge in [-0.25, -0.2) is 4.79 Å². The van der Waals surface area contributed by atoms with Crippen LogP contribution in [0.5, 0.6) is 11.5 Å². The lowest BCUT2D eigenvalue weighted by Crippen LogP contribution is -2.32. The number of hydrogen-bond acceptors (Lipinski definition) is 6. The van der Waals surface area contributed by atoms with Crippen molar-refractivity contribution in [3.63, 3.8) is 0 Å². The average Bonchev–Trinajstić information content (AvgIpc) is 2.71. The van der Waals surface area contributed by atoms with Crippen LogP contribution in [-0.2, 0) is 14.3 Å². The molecule has 7 heteroatoms. The molecule has 0 aliphatic heterocycles. The SMILES string of the molecule is CCCOc1ccccc1OCC(=O)O[C@@H](C)C(=O)Nc1ccccc1C(C)=O. The van der Waals surface area contributed by atoms with Gasteiger partial charge < -0.3 is 19.5 Å². The molecule has 0 saturated heterocycles. The van der Waals surface area contributed by atoms with Crippen molar-refractivity contribution in [1.82, 2.24) is 0 Å². The van der Waals surface area contributed by atoms with Crippen LogP contribution in [0.15, 0.2) is 48.5 Å². The molecule has 1 atom stereocenters. The van der Waals surface area contributed by atoms with Gasteiger partial charge in [0.15, 0.2) is 30.0 Å². The van der Waals surface area contributed by atoms with Crippen LogP contribution >= 0.6 is 0 Å². The van der Waals surface area contributed by atoms with Crippen molar-refractivity contribution < 1.29 is 28.6 Å². The first-order valence-electron chi connectivity index (χ1n) is 9.37. The molecule has 0 aliphatic rings. The van der Waals surface area contributed by atoms with E-state index in [1.807, 2.05) is 13.0 Å². The van der Waals surface area contributed by atoms with Gasteiger partial charge in [-0.05, 0) is 44.5 Å². The summed E-state index contributed by atoms with van der Waals surface area (Å²) in [7, 11) is 0. The predicted molar refractivity (Wildman–Crippen MR) is 108 cm³/mol. The summed E-state index contributed by atoms with van der Waals surface area (Å²) in [4.78, 5) is 36.0. The highest BCUT2D eigenvalue weighted by Crippen LogP contribution is 2.26. The highest BCUT2D eigenvalue weighted by molar-refractivity contribution is 6.04. The Morgan fingerprint density at radius 3 is 2.24 bits per heavy atom. The van der Waals surface area contributed by atoms with E-state index in [0.717, 1.165) is 6.42 Å². The van der Waals surface area contributed by atoms with Crippen molar-refractivity contribution in [3.8, 4) is 11.5 Å². The summed E-state index contributed by atoms with van der Waals surface area (Å²) in [6.45, 7) is 5.01. The lowest BCUT2D eigenvalue weighted by atomic mass is 10.1. The molecule has 0 heterocycles.